The van der Waals surface area contributed by atoms with Crippen molar-refractivity contribution in [3.05, 3.63) is 23.7 Å². The van der Waals surface area contributed by atoms with Gasteiger partial charge in [-0.25, -0.2) is 9.97 Å². The molecule has 0 spiro atoms. The second-order valence-corrected chi connectivity index (χ2v) is 4.38. The Morgan fingerprint density at radius 1 is 1.25 bits per heavy atom. The van der Waals surface area contributed by atoms with Crippen LogP contribution in [0.1, 0.15) is 44.0 Å². The van der Waals surface area contributed by atoms with E-state index in [9.17, 15) is 0 Å². The van der Waals surface area contributed by atoms with Gasteiger partial charge < -0.3 is 4.98 Å². The minimum atomic E-state index is 0.844. The van der Waals surface area contributed by atoms with E-state index >= 15 is 0 Å². The number of pyridine rings is 1. The van der Waals surface area contributed by atoms with Crippen LogP contribution in [0.15, 0.2) is 12.3 Å². The highest BCUT2D eigenvalue weighted by Crippen LogP contribution is 2.12. The molecule has 2 heterocycles. The van der Waals surface area contributed by atoms with Crippen LogP contribution in [0, 0.1) is 6.92 Å². The van der Waals surface area contributed by atoms with Crippen molar-refractivity contribution in [2.24, 2.45) is 0 Å². The summed E-state index contributed by atoms with van der Waals surface area (Å²) in [7, 11) is 0. The maximum absolute atomic E-state index is 4.48. The monoisotopic (exact) mass is 217 g/mol. The Morgan fingerprint density at radius 2 is 2.12 bits per heavy atom. The van der Waals surface area contributed by atoms with Crippen molar-refractivity contribution in [2.75, 3.05) is 0 Å². The third-order valence-corrected chi connectivity index (χ3v) is 2.79. The average Bonchev–Trinajstić information content (AvgIpc) is 2.66. The smallest absolute Gasteiger partial charge is 0.177 e. The van der Waals surface area contributed by atoms with Crippen LogP contribution in [-0.2, 0) is 6.42 Å². The Bertz CT molecular complexity index is 459. The highest BCUT2D eigenvalue weighted by Gasteiger charge is 2.03. The number of hydrogen-bond donors (Lipinski definition) is 1. The molecule has 3 nitrogen and oxygen atoms in total. The Kier molecular flexibility index (Phi) is 3.54. The Balaban J connectivity index is 2.02. The Hall–Kier alpha value is -1.38. The van der Waals surface area contributed by atoms with Crippen molar-refractivity contribution in [3.8, 4) is 0 Å². The minimum absolute atomic E-state index is 0.844. The maximum Gasteiger partial charge on any atom is 0.177 e. The molecule has 16 heavy (non-hydrogen) atoms. The number of H-pyrrole nitrogens is 1. The van der Waals surface area contributed by atoms with E-state index < -0.39 is 0 Å². The quantitative estimate of drug-likeness (QED) is 0.780. The number of aromatic amines is 1. The van der Waals surface area contributed by atoms with Gasteiger partial charge in [0.15, 0.2) is 5.65 Å². The summed E-state index contributed by atoms with van der Waals surface area (Å²) < 4.78 is 0. The summed E-state index contributed by atoms with van der Waals surface area (Å²) in [5, 5.41) is 0. The van der Waals surface area contributed by atoms with E-state index in [4.69, 9.17) is 0 Å². The molecule has 1 N–H and O–H groups in total. The maximum atomic E-state index is 4.48. The first-order valence-corrected chi connectivity index (χ1v) is 6.11. The Morgan fingerprint density at radius 3 is 2.94 bits per heavy atom. The normalized spacial score (nSPS) is 11.1. The molecular formula is C13H19N3. The summed E-state index contributed by atoms with van der Waals surface area (Å²) in [6.07, 6.45) is 8.00. The average molecular weight is 217 g/mol. The molecule has 2 rings (SSSR count). The summed E-state index contributed by atoms with van der Waals surface area (Å²) >= 11 is 0. The molecule has 2 aromatic heterocycles. The zero-order valence-corrected chi connectivity index (χ0v) is 10.1. The van der Waals surface area contributed by atoms with Gasteiger partial charge in [0, 0.05) is 12.6 Å². The van der Waals surface area contributed by atoms with Crippen molar-refractivity contribution in [1.82, 2.24) is 15.0 Å². The molecule has 0 aliphatic rings. The van der Waals surface area contributed by atoms with E-state index in [1.807, 2.05) is 13.1 Å². The molecular weight excluding hydrogens is 198 g/mol. The fraction of sp³-hybridized carbons (Fsp3) is 0.538. The van der Waals surface area contributed by atoms with Gasteiger partial charge in [-0.3, -0.25) is 0 Å². The van der Waals surface area contributed by atoms with E-state index in [0.29, 0.717) is 0 Å². The van der Waals surface area contributed by atoms with Gasteiger partial charge in [-0.2, -0.15) is 0 Å². The molecule has 0 amide bonds. The predicted octanol–water partition coefficient (Wildman–Crippen LogP) is 3.39. The van der Waals surface area contributed by atoms with E-state index in [1.54, 1.807) is 0 Å². The molecule has 0 atom stereocenters. The summed E-state index contributed by atoms with van der Waals surface area (Å²) in [5.41, 5.74) is 3.08. The third kappa shape index (κ3) is 2.60. The van der Waals surface area contributed by atoms with Crippen LogP contribution in [0.3, 0.4) is 0 Å². The molecule has 0 aliphatic carbocycles. The lowest BCUT2D eigenvalue weighted by atomic mass is 10.1. The lowest BCUT2D eigenvalue weighted by Gasteiger charge is -1.95. The standard InChI is InChI=1S/C13H19N3/c1-3-4-5-6-7-12-15-11-8-10(2)9-14-13(11)16-12/h8-9H,3-7H2,1-2H3,(H,14,15,16). The fourth-order valence-corrected chi connectivity index (χ4v) is 1.89. The van der Waals surface area contributed by atoms with Gasteiger partial charge in [0.05, 0.1) is 5.52 Å². The molecule has 0 unspecified atom stereocenters. The number of rotatable bonds is 5. The van der Waals surface area contributed by atoms with Crippen molar-refractivity contribution in [1.29, 1.82) is 0 Å². The van der Waals surface area contributed by atoms with E-state index in [-0.39, 0.29) is 0 Å². The predicted molar refractivity (Wildman–Crippen MR) is 66.5 cm³/mol. The number of nitrogens with zero attached hydrogens (tertiary/aromatic N) is 2. The second kappa shape index (κ2) is 5.10. The van der Waals surface area contributed by atoms with Crippen LogP contribution in [0.4, 0.5) is 0 Å². The van der Waals surface area contributed by atoms with Crippen molar-refractivity contribution >= 4 is 11.2 Å². The zero-order valence-electron chi connectivity index (χ0n) is 10.1. The molecule has 0 saturated carbocycles. The SMILES string of the molecule is CCCCCCc1nc2ncc(C)cc2[nH]1. The summed E-state index contributed by atoms with van der Waals surface area (Å²) in [6.45, 7) is 4.28. The molecule has 86 valence electrons. The molecule has 0 fully saturated rings. The molecule has 2 aromatic rings. The zero-order chi connectivity index (χ0) is 11.4. The number of aryl methyl sites for hydroxylation is 2. The van der Waals surface area contributed by atoms with Crippen LogP contribution in [0.5, 0.6) is 0 Å². The lowest BCUT2D eigenvalue weighted by molar-refractivity contribution is 0.656. The van der Waals surface area contributed by atoms with Crippen LogP contribution >= 0.6 is 0 Å². The Labute approximate surface area is 96.3 Å². The summed E-state index contributed by atoms with van der Waals surface area (Å²) in [4.78, 5) is 12.1. The third-order valence-electron chi connectivity index (χ3n) is 2.79. The van der Waals surface area contributed by atoms with Crippen molar-refractivity contribution in [3.63, 3.8) is 0 Å². The summed E-state index contributed by atoms with van der Waals surface area (Å²) in [5.74, 6) is 1.07. The number of nitrogens with one attached hydrogen (secondary N) is 1. The molecule has 0 saturated heterocycles. The largest absolute Gasteiger partial charge is 0.341 e. The number of aromatic nitrogens is 3. The molecule has 3 heteroatoms. The number of hydrogen-bond acceptors (Lipinski definition) is 2. The van der Waals surface area contributed by atoms with E-state index in [2.05, 4.69) is 27.9 Å². The van der Waals surface area contributed by atoms with Crippen LogP contribution in [0.2, 0.25) is 0 Å². The van der Waals surface area contributed by atoms with Crippen molar-refractivity contribution < 1.29 is 0 Å². The highest BCUT2D eigenvalue weighted by atomic mass is 15.0. The van der Waals surface area contributed by atoms with Crippen molar-refractivity contribution in [2.45, 2.75) is 46.0 Å². The summed E-state index contributed by atoms with van der Waals surface area (Å²) in [6, 6.07) is 2.10. The first-order chi connectivity index (χ1) is 7.79. The van der Waals surface area contributed by atoms with Gasteiger partial charge in [-0.05, 0) is 25.0 Å². The first-order valence-electron chi connectivity index (χ1n) is 6.11. The van der Waals surface area contributed by atoms with Gasteiger partial charge in [0.25, 0.3) is 0 Å². The highest BCUT2D eigenvalue weighted by molar-refractivity contribution is 5.70. The lowest BCUT2D eigenvalue weighted by Crippen LogP contribution is -1.88. The van der Waals surface area contributed by atoms with Gasteiger partial charge >= 0.3 is 0 Å². The fourth-order valence-electron chi connectivity index (χ4n) is 1.89. The van der Waals surface area contributed by atoms with E-state index in [1.165, 1.54) is 31.2 Å². The molecule has 0 aliphatic heterocycles. The van der Waals surface area contributed by atoms with Crippen LogP contribution in [-0.4, -0.2) is 15.0 Å². The van der Waals surface area contributed by atoms with E-state index in [0.717, 1.165) is 23.4 Å². The number of fused-ring (bicyclic) bond motifs is 1. The number of unbranched alkanes of at least 4 members (excludes halogenated alkanes) is 3. The molecule has 0 bridgehead atoms. The second-order valence-electron chi connectivity index (χ2n) is 4.38. The van der Waals surface area contributed by atoms with Gasteiger partial charge in [0.1, 0.15) is 5.82 Å². The minimum Gasteiger partial charge on any atom is -0.341 e. The molecule has 0 radical (unpaired) electrons. The van der Waals surface area contributed by atoms with Gasteiger partial charge in [-0.15, -0.1) is 0 Å². The van der Waals surface area contributed by atoms with Crippen LogP contribution in [0.25, 0.3) is 11.2 Å². The topological polar surface area (TPSA) is 41.6 Å². The first kappa shape index (κ1) is 11.1. The van der Waals surface area contributed by atoms with Gasteiger partial charge in [-0.1, -0.05) is 26.2 Å². The number of imidazole rings is 1. The van der Waals surface area contributed by atoms with Crippen LogP contribution < -0.4 is 0 Å². The molecule has 0 aromatic carbocycles. The van der Waals surface area contributed by atoms with Gasteiger partial charge in [0.2, 0.25) is 0 Å².